The lowest BCUT2D eigenvalue weighted by molar-refractivity contribution is -0.116. The minimum Gasteiger partial charge on any atom is -0.311 e. The smallest absolute Gasteiger partial charge is 0.227 e. The van der Waals surface area contributed by atoms with Gasteiger partial charge in [-0.2, -0.15) is 10.2 Å². The molecule has 0 aliphatic heterocycles. The second kappa shape index (κ2) is 7.24. The summed E-state index contributed by atoms with van der Waals surface area (Å²) < 4.78 is 3.73. The molecule has 1 amide bonds. The average Bonchev–Trinajstić information content (AvgIpc) is 3.11. The van der Waals surface area contributed by atoms with Crippen LogP contribution in [0.4, 0.5) is 5.82 Å². The number of nitrogens with one attached hydrogen (secondary N) is 1. The predicted octanol–water partition coefficient (Wildman–Crippen LogP) is 3.34. The maximum Gasteiger partial charge on any atom is 0.227 e. The fourth-order valence-corrected chi connectivity index (χ4v) is 2.62. The first-order chi connectivity index (χ1) is 10.5. The number of hydrogen-bond donors (Lipinski definition) is 1. The first kappa shape index (κ1) is 16.3. The monoisotopic (exact) mass is 303 g/mol. The van der Waals surface area contributed by atoms with Crippen molar-refractivity contribution in [2.75, 3.05) is 5.32 Å². The summed E-state index contributed by atoms with van der Waals surface area (Å²) in [5, 5.41) is 11.7. The van der Waals surface area contributed by atoms with Crippen molar-refractivity contribution in [3.8, 4) is 0 Å². The van der Waals surface area contributed by atoms with E-state index in [-0.39, 0.29) is 11.9 Å². The van der Waals surface area contributed by atoms with E-state index in [1.807, 2.05) is 36.9 Å². The summed E-state index contributed by atoms with van der Waals surface area (Å²) in [5.74, 6) is 0.763. The Hall–Kier alpha value is -2.11. The lowest BCUT2D eigenvalue weighted by atomic mass is 10.2. The topological polar surface area (TPSA) is 64.7 Å². The fraction of sp³-hybridized carbons (Fsp3) is 0.562. The number of carbonyl (C=O) groups is 1. The molecular weight excluding hydrogens is 278 g/mol. The molecule has 0 saturated heterocycles. The van der Waals surface area contributed by atoms with Crippen LogP contribution in [0.15, 0.2) is 24.5 Å². The van der Waals surface area contributed by atoms with Gasteiger partial charge in [0.1, 0.15) is 5.82 Å². The van der Waals surface area contributed by atoms with E-state index in [0.29, 0.717) is 12.5 Å². The third-order valence-corrected chi connectivity index (χ3v) is 3.87. The van der Waals surface area contributed by atoms with Crippen LogP contribution in [-0.2, 0) is 4.79 Å². The molecule has 0 aliphatic carbocycles. The van der Waals surface area contributed by atoms with Crippen LogP contribution in [-0.4, -0.2) is 25.5 Å². The Labute approximate surface area is 131 Å². The summed E-state index contributed by atoms with van der Waals surface area (Å²) in [6.07, 6.45) is 5.96. The second-order valence-electron chi connectivity index (χ2n) is 5.67. The second-order valence-corrected chi connectivity index (χ2v) is 5.67. The predicted molar refractivity (Wildman–Crippen MR) is 86.8 cm³/mol. The standard InChI is InChI=1S/C16H25N5O/c1-5-14(6-2)21-15(10-12(3)19-21)18-16(22)11-13(4)20-9-7-8-17-20/h7-10,13-14H,5-6,11H2,1-4H3,(H,18,22)/t13-/m1/s1. The first-order valence-corrected chi connectivity index (χ1v) is 7.90. The van der Waals surface area contributed by atoms with E-state index in [4.69, 9.17) is 0 Å². The maximum atomic E-state index is 12.3. The number of amides is 1. The van der Waals surface area contributed by atoms with Crippen LogP contribution >= 0.6 is 0 Å². The Morgan fingerprint density at radius 2 is 2.09 bits per heavy atom. The highest BCUT2D eigenvalue weighted by molar-refractivity contribution is 5.90. The Bertz CT molecular complexity index is 598. The van der Waals surface area contributed by atoms with Crippen LogP contribution in [0.5, 0.6) is 0 Å². The van der Waals surface area contributed by atoms with Gasteiger partial charge in [-0.3, -0.25) is 9.48 Å². The average molecular weight is 303 g/mol. The molecule has 2 aromatic rings. The van der Waals surface area contributed by atoms with Gasteiger partial charge in [-0.05, 0) is 32.8 Å². The molecule has 0 aromatic carbocycles. The number of rotatable bonds is 7. The first-order valence-electron chi connectivity index (χ1n) is 7.90. The van der Waals surface area contributed by atoms with Gasteiger partial charge < -0.3 is 5.32 Å². The highest BCUT2D eigenvalue weighted by atomic mass is 16.1. The number of anilines is 1. The van der Waals surface area contributed by atoms with Crippen LogP contribution in [0.2, 0.25) is 0 Å². The normalized spacial score (nSPS) is 12.6. The zero-order chi connectivity index (χ0) is 16.1. The van der Waals surface area contributed by atoms with Gasteiger partial charge >= 0.3 is 0 Å². The van der Waals surface area contributed by atoms with E-state index in [9.17, 15) is 4.79 Å². The Morgan fingerprint density at radius 3 is 2.68 bits per heavy atom. The maximum absolute atomic E-state index is 12.3. The van der Waals surface area contributed by atoms with Crippen molar-refractivity contribution in [1.82, 2.24) is 19.6 Å². The molecule has 0 spiro atoms. The van der Waals surface area contributed by atoms with Crippen molar-refractivity contribution in [2.45, 2.75) is 59.0 Å². The molecule has 6 nitrogen and oxygen atoms in total. The summed E-state index contributed by atoms with van der Waals surface area (Å²) in [7, 11) is 0. The fourth-order valence-electron chi connectivity index (χ4n) is 2.62. The van der Waals surface area contributed by atoms with Crippen molar-refractivity contribution in [1.29, 1.82) is 0 Å². The molecule has 1 N–H and O–H groups in total. The summed E-state index contributed by atoms with van der Waals surface area (Å²) in [4.78, 5) is 12.3. The molecule has 1 atom stereocenters. The molecule has 2 rings (SSSR count). The molecule has 0 fully saturated rings. The molecule has 0 saturated carbocycles. The number of carbonyl (C=O) groups excluding carboxylic acids is 1. The SMILES string of the molecule is CCC(CC)n1nc(C)cc1NC(=O)C[C@@H](C)n1cccn1. The van der Waals surface area contributed by atoms with E-state index >= 15 is 0 Å². The van der Waals surface area contributed by atoms with Gasteiger partial charge in [-0.25, -0.2) is 4.68 Å². The van der Waals surface area contributed by atoms with Gasteiger partial charge in [-0.1, -0.05) is 13.8 Å². The van der Waals surface area contributed by atoms with Crippen LogP contribution in [0.1, 0.15) is 57.8 Å². The lowest BCUT2D eigenvalue weighted by Gasteiger charge is -2.18. The molecule has 22 heavy (non-hydrogen) atoms. The highest BCUT2D eigenvalue weighted by Crippen LogP contribution is 2.22. The van der Waals surface area contributed by atoms with Crippen LogP contribution in [0.3, 0.4) is 0 Å². The Kier molecular flexibility index (Phi) is 5.35. The third-order valence-electron chi connectivity index (χ3n) is 3.87. The van der Waals surface area contributed by atoms with E-state index in [0.717, 1.165) is 24.4 Å². The summed E-state index contributed by atoms with van der Waals surface area (Å²) in [6.45, 7) is 8.20. The lowest BCUT2D eigenvalue weighted by Crippen LogP contribution is -2.21. The number of aryl methyl sites for hydroxylation is 1. The van der Waals surface area contributed by atoms with Crippen LogP contribution < -0.4 is 5.32 Å². The molecule has 2 heterocycles. The zero-order valence-corrected chi connectivity index (χ0v) is 13.8. The van der Waals surface area contributed by atoms with E-state index in [1.54, 1.807) is 10.9 Å². The van der Waals surface area contributed by atoms with Gasteiger partial charge in [0.15, 0.2) is 0 Å². The van der Waals surface area contributed by atoms with Crippen molar-refractivity contribution >= 4 is 11.7 Å². The zero-order valence-electron chi connectivity index (χ0n) is 13.8. The van der Waals surface area contributed by atoms with E-state index in [2.05, 4.69) is 29.4 Å². The van der Waals surface area contributed by atoms with Crippen molar-refractivity contribution in [3.05, 3.63) is 30.2 Å². The van der Waals surface area contributed by atoms with Gasteiger partial charge in [0.05, 0.1) is 17.8 Å². The van der Waals surface area contributed by atoms with Gasteiger partial charge in [0, 0.05) is 24.9 Å². The van der Waals surface area contributed by atoms with Gasteiger partial charge in [0.2, 0.25) is 5.91 Å². The molecular formula is C16H25N5O. The van der Waals surface area contributed by atoms with E-state index < -0.39 is 0 Å². The van der Waals surface area contributed by atoms with Crippen LogP contribution in [0.25, 0.3) is 0 Å². The third kappa shape index (κ3) is 3.75. The molecule has 0 radical (unpaired) electrons. The molecule has 120 valence electrons. The van der Waals surface area contributed by atoms with E-state index in [1.165, 1.54) is 0 Å². The number of hydrogen-bond acceptors (Lipinski definition) is 3. The molecule has 0 bridgehead atoms. The van der Waals surface area contributed by atoms with Crippen molar-refractivity contribution in [3.63, 3.8) is 0 Å². The minimum atomic E-state index is -0.0184. The number of aromatic nitrogens is 4. The van der Waals surface area contributed by atoms with Gasteiger partial charge in [-0.15, -0.1) is 0 Å². The largest absolute Gasteiger partial charge is 0.311 e. The molecule has 0 aliphatic rings. The van der Waals surface area contributed by atoms with Gasteiger partial charge in [0.25, 0.3) is 0 Å². The molecule has 6 heteroatoms. The highest BCUT2D eigenvalue weighted by Gasteiger charge is 2.17. The van der Waals surface area contributed by atoms with Crippen molar-refractivity contribution < 1.29 is 4.79 Å². The van der Waals surface area contributed by atoms with Crippen molar-refractivity contribution in [2.24, 2.45) is 0 Å². The Balaban J connectivity index is 2.05. The minimum absolute atomic E-state index is 0.0184. The van der Waals surface area contributed by atoms with Crippen LogP contribution in [0, 0.1) is 6.92 Å². The molecule has 2 aromatic heterocycles. The summed E-state index contributed by atoms with van der Waals surface area (Å²) in [5.41, 5.74) is 0.919. The summed E-state index contributed by atoms with van der Waals surface area (Å²) >= 11 is 0. The quantitative estimate of drug-likeness (QED) is 0.853. The summed E-state index contributed by atoms with van der Waals surface area (Å²) in [6, 6.07) is 4.13. The Morgan fingerprint density at radius 1 is 1.36 bits per heavy atom. The molecule has 0 unspecified atom stereocenters. The number of nitrogens with zero attached hydrogens (tertiary/aromatic N) is 4.